The number of hydrazine groups is 1. The summed E-state index contributed by atoms with van der Waals surface area (Å²) in [5, 5.41) is 7.74. The van der Waals surface area contributed by atoms with Gasteiger partial charge in [0.1, 0.15) is 0 Å². The van der Waals surface area contributed by atoms with E-state index < -0.39 is 0 Å². The number of nitrogens with zero attached hydrogens (tertiary/aromatic N) is 3. The Morgan fingerprint density at radius 1 is 1.56 bits per heavy atom. The summed E-state index contributed by atoms with van der Waals surface area (Å²) >= 11 is 8.56. The van der Waals surface area contributed by atoms with E-state index in [0.717, 1.165) is 18.8 Å². The monoisotopic (exact) mass is 365 g/mol. The molecule has 86 valence electrons. The number of rotatable bonds is 3. The highest BCUT2D eigenvalue weighted by atomic mass is 79.9. The lowest BCUT2D eigenvalue weighted by Crippen LogP contribution is -2.30. The second kappa shape index (κ2) is 4.92. The number of aryl methyl sites for hydroxylation is 1. The molecule has 5 nitrogen and oxygen atoms in total. The number of hydrogen-bond acceptors (Lipinski definition) is 5. The lowest BCUT2D eigenvalue weighted by molar-refractivity contribution is 0.570. The highest BCUT2D eigenvalue weighted by molar-refractivity contribution is 9.12. The SMILES string of the molecule is Cn1nncc1C(NN)c1cc(Br)sc1Br. The Labute approximate surface area is 113 Å². The van der Waals surface area contributed by atoms with E-state index in [9.17, 15) is 0 Å². The number of nitrogens with one attached hydrogen (secondary N) is 1. The molecule has 0 fully saturated rings. The minimum absolute atomic E-state index is 0.128. The van der Waals surface area contributed by atoms with Gasteiger partial charge in [0.2, 0.25) is 0 Å². The number of hydrogen-bond donors (Lipinski definition) is 2. The van der Waals surface area contributed by atoms with Gasteiger partial charge >= 0.3 is 0 Å². The number of thiophene rings is 1. The third-order valence-electron chi connectivity index (χ3n) is 2.21. The third kappa shape index (κ3) is 2.21. The normalized spacial score (nSPS) is 13.0. The molecular weight excluding hydrogens is 358 g/mol. The average Bonchev–Trinajstić information content (AvgIpc) is 2.77. The molecule has 0 saturated heterocycles. The lowest BCUT2D eigenvalue weighted by Gasteiger charge is -2.14. The van der Waals surface area contributed by atoms with Crippen molar-refractivity contribution in [2.24, 2.45) is 12.9 Å². The maximum Gasteiger partial charge on any atom is 0.0914 e. The molecule has 2 heterocycles. The van der Waals surface area contributed by atoms with Gasteiger partial charge in [0.05, 0.1) is 25.5 Å². The van der Waals surface area contributed by atoms with E-state index in [0.29, 0.717) is 0 Å². The summed E-state index contributed by atoms with van der Waals surface area (Å²) in [7, 11) is 1.84. The van der Waals surface area contributed by atoms with E-state index in [4.69, 9.17) is 5.84 Å². The van der Waals surface area contributed by atoms with Gasteiger partial charge in [0.25, 0.3) is 0 Å². The zero-order valence-corrected chi connectivity index (χ0v) is 12.3. The fraction of sp³-hybridized carbons (Fsp3) is 0.250. The van der Waals surface area contributed by atoms with Crippen LogP contribution in [0.15, 0.2) is 19.8 Å². The molecule has 0 aliphatic carbocycles. The minimum atomic E-state index is -0.128. The lowest BCUT2D eigenvalue weighted by atomic mass is 10.1. The topological polar surface area (TPSA) is 68.8 Å². The van der Waals surface area contributed by atoms with Crippen LogP contribution in [0.5, 0.6) is 0 Å². The van der Waals surface area contributed by atoms with Crippen molar-refractivity contribution in [3.63, 3.8) is 0 Å². The zero-order valence-electron chi connectivity index (χ0n) is 8.32. The summed E-state index contributed by atoms with van der Waals surface area (Å²) in [4.78, 5) is 0. The Morgan fingerprint density at radius 3 is 2.75 bits per heavy atom. The highest BCUT2D eigenvalue weighted by Crippen LogP contribution is 2.37. The van der Waals surface area contributed by atoms with Crippen LogP contribution in [0, 0.1) is 0 Å². The van der Waals surface area contributed by atoms with E-state index in [1.807, 2.05) is 13.1 Å². The van der Waals surface area contributed by atoms with Crippen LogP contribution in [0.25, 0.3) is 0 Å². The van der Waals surface area contributed by atoms with Crippen LogP contribution in [-0.2, 0) is 7.05 Å². The van der Waals surface area contributed by atoms with E-state index in [1.54, 1.807) is 22.2 Å². The molecule has 0 spiro atoms. The second-order valence-electron chi connectivity index (χ2n) is 3.16. The molecule has 0 aliphatic heterocycles. The van der Waals surface area contributed by atoms with Crippen LogP contribution in [-0.4, -0.2) is 15.0 Å². The molecule has 1 unspecified atom stereocenters. The largest absolute Gasteiger partial charge is 0.271 e. The van der Waals surface area contributed by atoms with Gasteiger partial charge in [0, 0.05) is 12.6 Å². The maximum absolute atomic E-state index is 5.59. The minimum Gasteiger partial charge on any atom is -0.271 e. The molecule has 0 amide bonds. The van der Waals surface area contributed by atoms with Gasteiger partial charge < -0.3 is 0 Å². The fourth-order valence-corrected chi connectivity index (χ4v) is 4.35. The molecule has 2 aromatic rings. The van der Waals surface area contributed by atoms with Crippen molar-refractivity contribution < 1.29 is 0 Å². The summed E-state index contributed by atoms with van der Waals surface area (Å²) in [6.07, 6.45) is 1.70. The Kier molecular flexibility index (Phi) is 3.75. The summed E-state index contributed by atoms with van der Waals surface area (Å²) < 4.78 is 3.77. The smallest absolute Gasteiger partial charge is 0.0914 e. The number of aromatic nitrogens is 3. The van der Waals surface area contributed by atoms with Crippen LogP contribution >= 0.6 is 43.2 Å². The first-order valence-corrected chi connectivity index (χ1v) is 6.79. The van der Waals surface area contributed by atoms with Crippen molar-refractivity contribution >= 4 is 43.2 Å². The number of nitrogens with two attached hydrogens (primary N) is 1. The average molecular weight is 367 g/mol. The fourth-order valence-electron chi connectivity index (χ4n) is 1.44. The molecule has 0 aliphatic rings. The standard InChI is InChI=1S/C8H9Br2N5S/c1-15-5(3-12-14-15)7(13-11)4-2-6(9)16-8(4)10/h2-3,7,13H,11H2,1H3. The molecule has 16 heavy (non-hydrogen) atoms. The van der Waals surface area contributed by atoms with Crippen LogP contribution in [0.4, 0.5) is 0 Å². The van der Waals surface area contributed by atoms with Gasteiger partial charge in [0.15, 0.2) is 0 Å². The Morgan fingerprint density at radius 2 is 2.31 bits per heavy atom. The first-order chi connectivity index (χ1) is 7.63. The van der Waals surface area contributed by atoms with Crippen molar-refractivity contribution in [3.8, 4) is 0 Å². The number of halogens is 2. The summed E-state index contributed by atoms with van der Waals surface area (Å²) in [6, 6.07) is 1.89. The van der Waals surface area contributed by atoms with Gasteiger partial charge in [-0.15, -0.1) is 16.4 Å². The molecule has 3 N–H and O–H groups in total. The Bertz CT molecular complexity index is 494. The predicted molar refractivity (Wildman–Crippen MR) is 69.9 cm³/mol. The quantitative estimate of drug-likeness (QED) is 0.643. The first-order valence-electron chi connectivity index (χ1n) is 4.39. The van der Waals surface area contributed by atoms with Crippen LogP contribution < -0.4 is 11.3 Å². The second-order valence-corrected chi connectivity index (χ2v) is 6.91. The third-order valence-corrected chi connectivity index (χ3v) is 4.59. The van der Waals surface area contributed by atoms with Gasteiger partial charge in [-0.25, -0.2) is 5.43 Å². The molecule has 0 radical (unpaired) electrons. The summed E-state index contributed by atoms with van der Waals surface area (Å²) in [5.74, 6) is 5.59. The highest BCUT2D eigenvalue weighted by Gasteiger charge is 2.20. The molecule has 0 saturated carbocycles. The van der Waals surface area contributed by atoms with Crippen molar-refractivity contribution in [3.05, 3.63) is 31.1 Å². The molecular formula is C8H9Br2N5S. The Hall–Kier alpha value is -0.280. The van der Waals surface area contributed by atoms with E-state index >= 15 is 0 Å². The molecule has 8 heteroatoms. The molecule has 2 rings (SSSR count). The maximum atomic E-state index is 5.59. The van der Waals surface area contributed by atoms with Crippen LogP contribution in [0.2, 0.25) is 0 Å². The summed E-state index contributed by atoms with van der Waals surface area (Å²) in [5.41, 5.74) is 4.74. The molecule has 0 bridgehead atoms. The molecule has 2 aromatic heterocycles. The van der Waals surface area contributed by atoms with Crippen molar-refractivity contribution in [1.82, 2.24) is 20.4 Å². The molecule has 1 atom stereocenters. The van der Waals surface area contributed by atoms with E-state index in [1.165, 1.54) is 0 Å². The van der Waals surface area contributed by atoms with Gasteiger partial charge in [-0.05, 0) is 37.9 Å². The van der Waals surface area contributed by atoms with E-state index in [2.05, 4.69) is 47.6 Å². The van der Waals surface area contributed by atoms with Crippen LogP contribution in [0.3, 0.4) is 0 Å². The first kappa shape index (κ1) is 12.2. The van der Waals surface area contributed by atoms with Crippen molar-refractivity contribution in [2.45, 2.75) is 6.04 Å². The molecule has 0 aromatic carbocycles. The van der Waals surface area contributed by atoms with Gasteiger partial charge in [-0.2, -0.15) is 0 Å². The van der Waals surface area contributed by atoms with Gasteiger partial charge in [-0.1, -0.05) is 5.21 Å². The van der Waals surface area contributed by atoms with Crippen LogP contribution in [0.1, 0.15) is 17.3 Å². The summed E-state index contributed by atoms with van der Waals surface area (Å²) in [6.45, 7) is 0. The van der Waals surface area contributed by atoms with Crippen molar-refractivity contribution in [1.29, 1.82) is 0 Å². The van der Waals surface area contributed by atoms with Gasteiger partial charge in [-0.3, -0.25) is 10.5 Å². The Balaban J connectivity index is 2.44. The zero-order chi connectivity index (χ0) is 11.7. The predicted octanol–water partition coefficient (Wildman–Crippen LogP) is 1.95. The van der Waals surface area contributed by atoms with Crippen molar-refractivity contribution in [2.75, 3.05) is 0 Å². The van der Waals surface area contributed by atoms with E-state index in [-0.39, 0.29) is 6.04 Å².